The normalized spacial score (nSPS) is 14.7. The number of hydrogen-bond acceptors (Lipinski definition) is 3. The second-order valence-corrected chi connectivity index (χ2v) is 6.76. The molecular formula is C13H18BrN3S. The lowest BCUT2D eigenvalue weighted by molar-refractivity contribution is 0.453. The molecule has 5 heteroatoms. The van der Waals surface area contributed by atoms with Gasteiger partial charge >= 0.3 is 0 Å². The molecule has 0 aliphatic carbocycles. The average molecular weight is 328 g/mol. The predicted octanol–water partition coefficient (Wildman–Crippen LogP) is 3.60. The van der Waals surface area contributed by atoms with Gasteiger partial charge in [-0.3, -0.25) is 0 Å². The summed E-state index contributed by atoms with van der Waals surface area (Å²) in [6.07, 6.45) is 5.76. The maximum absolute atomic E-state index is 6.32. The van der Waals surface area contributed by atoms with Crippen molar-refractivity contribution in [1.82, 2.24) is 9.55 Å². The van der Waals surface area contributed by atoms with Gasteiger partial charge in [0.05, 0.1) is 9.83 Å². The van der Waals surface area contributed by atoms with Crippen LogP contribution in [0.15, 0.2) is 28.3 Å². The third-order valence-electron chi connectivity index (χ3n) is 3.13. The number of thiophene rings is 1. The number of nitrogens with zero attached hydrogens (tertiary/aromatic N) is 2. The number of hydrogen-bond donors (Lipinski definition) is 1. The molecule has 0 saturated carbocycles. The van der Waals surface area contributed by atoms with Crippen LogP contribution in [-0.2, 0) is 6.42 Å². The minimum atomic E-state index is 0.107. The summed E-state index contributed by atoms with van der Waals surface area (Å²) in [5, 5.41) is 0. The maximum atomic E-state index is 6.32. The first-order valence-corrected chi connectivity index (χ1v) is 7.80. The van der Waals surface area contributed by atoms with E-state index in [2.05, 4.69) is 51.5 Å². The van der Waals surface area contributed by atoms with Gasteiger partial charge in [-0.2, -0.15) is 0 Å². The summed E-state index contributed by atoms with van der Waals surface area (Å²) < 4.78 is 3.36. The molecule has 0 radical (unpaired) electrons. The highest BCUT2D eigenvalue weighted by atomic mass is 79.9. The lowest BCUT2D eigenvalue weighted by atomic mass is 10.0. The van der Waals surface area contributed by atoms with Crippen LogP contribution in [-0.4, -0.2) is 15.6 Å². The Morgan fingerprint density at radius 2 is 2.22 bits per heavy atom. The van der Waals surface area contributed by atoms with Crippen LogP contribution in [0.2, 0.25) is 0 Å². The molecule has 3 nitrogen and oxygen atoms in total. The fraction of sp³-hybridized carbons (Fsp3) is 0.462. The van der Waals surface area contributed by atoms with Gasteiger partial charge in [-0.05, 0) is 34.5 Å². The van der Waals surface area contributed by atoms with Crippen molar-refractivity contribution in [1.29, 1.82) is 0 Å². The molecule has 2 unspecified atom stereocenters. The molecule has 18 heavy (non-hydrogen) atoms. The first-order chi connectivity index (χ1) is 8.67. The molecule has 0 saturated heterocycles. The smallest absolute Gasteiger partial charge is 0.108 e. The van der Waals surface area contributed by atoms with Crippen LogP contribution in [0.1, 0.15) is 37.0 Å². The number of aryl methyl sites for hydroxylation is 1. The number of halogens is 1. The van der Waals surface area contributed by atoms with E-state index in [1.165, 1.54) is 4.88 Å². The molecule has 2 N–H and O–H groups in total. The Kier molecular flexibility index (Phi) is 4.59. The molecular weight excluding hydrogens is 310 g/mol. The van der Waals surface area contributed by atoms with Crippen molar-refractivity contribution in [3.63, 3.8) is 0 Å². The van der Waals surface area contributed by atoms with Crippen LogP contribution >= 0.6 is 27.3 Å². The van der Waals surface area contributed by atoms with E-state index in [1.807, 2.05) is 12.4 Å². The Morgan fingerprint density at radius 3 is 2.78 bits per heavy atom. The monoisotopic (exact) mass is 327 g/mol. The lowest BCUT2D eigenvalue weighted by Crippen LogP contribution is -2.32. The summed E-state index contributed by atoms with van der Waals surface area (Å²) in [5.41, 5.74) is 6.32. The van der Waals surface area contributed by atoms with E-state index in [0.29, 0.717) is 0 Å². The standard InChI is InChI=1S/C13H18BrN3S/c1-3-9(15)13(10-5-6-11(14)18-10)17-8-7-16-12(17)4-2/h5-9,13H,3-4,15H2,1-2H3. The minimum Gasteiger partial charge on any atom is -0.326 e. The molecule has 0 fully saturated rings. The van der Waals surface area contributed by atoms with Gasteiger partial charge in [0, 0.05) is 29.7 Å². The summed E-state index contributed by atoms with van der Waals surface area (Å²) in [7, 11) is 0. The van der Waals surface area contributed by atoms with Gasteiger partial charge in [-0.25, -0.2) is 4.98 Å². The zero-order chi connectivity index (χ0) is 13.1. The van der Waals surface area contributed by atoms with Crippen LogP contribution < -0.4 is 5.73 Å². The van der Waals surface area contributed by atoms with Crippen molar-refractivity contribution in [2.45, 2.75) is 38.8 Å². The molecule has 98 valence electrons. The fourth-order valence-corrected chi connectivity index (χ4v) is 3.74. The van der Waals surface area contributed by atoms with E-state index in [1.54, 1.807) is 11.3 Å². The third kappa shape index (κ3) is 2.68. The van der Waals surface area contributed by atoms with E-state index in [9.17, 15) is 0 Å². The molecule has 2 heterocycles. The van der Waals surface area contributed by atoms with Crippen LogP contribution in [0.3, 0.4) is 0 Å². The molecule has 2 rings (SSSR count). The van der Waals surface area contributed by atoms with Crippen molar-refractivity contribution in [3.05, 3.63) is 39.0 Å². The fourth-order valence-electron chi connectivity index (χ4n) is 2.14. The Balaban J connectivity index is 2.43. The molecule has 2 atom stereocenters. The highest BCUT2D eigenvalue weighted by molar-refractivity contribution is 9.11. The van der Waals surface area contributed by atoms with Crippen molar-refractivity contribution in [2.24, 2.45) is 5.73 Å². The summed E-state index contributed by atoms with van der Waals surface area (Å²) in [4.78, 5) is 5.69. The minimum absolute atomic E-state index is 0.107. The Bertz CT molecular complexity index is 506. The molecule has 2 aromatic rings. The predicted molar refractivity (Wildman–Crippen MR) is 80.0 cm³/mol. The second kappa shape index (κ2) is 5.99. The number of imidazole rings is 1. The van der Waals surface area contributed by atoms with E-state index >= 15 is 0 Å². The molecule has 0 bridgehead atoms. The van der Waals surface area contributed by atoms with Gasteiger partial charge in [0.2, 0.25) is 0 Å². The van der Waals surface area contributed by atoms with Gasteiger partial charge in [0.25, 0.3) is 0 Å². The Hall–Kier alpha value is -0.650. The Labute approximate surface area is 120 Å². The highest BCUT2D eigenvalue weighted by Gasteiger charge is 2.23. The summed E-state index contributed by atoms with van der Waals surface area (Å²) >= 11 is 5.27. The Morgan fingerprint density at radius 1 is 1.44 bits per heavy atom. The van der Waals surface area contributed by atoms with E-state index in [0.717, 1.165) is 22.5 Å². The zero-order valence-electron chi connectivity index (χ0n) is 10.6. The van der Waals surface area contributed by atoms with Gasteiger partial charge in [0.15, 0.2) is 0 Å². The summed E-state index contributed by atoms with van der Waals surface area (Å²) in [6.45, 7) is 4.25. The first-order valence-electron chi connectivity index (χ1n) is 6.19. The van der Waals surface area contributed by atoms with Crippen LogP contribution in [0, 0.1) is 0 Å². The third-order valence-corrected chi connectivity index (χ3v) is 4.82. The first kappa shape index (κ1) is 13.8. The van der Waals surface area contributed by atoms with Crippen molar-refractivity contribution in [3.8, 4) is 0 Å². The molecule has 0 aliphatic rings. The van der Waals surface area contributed by atoms with E-state index < -0.39 is 0 Å². The number of nitrogens with two attached hydrogens (primary N) is 1. The SMILES string of the molecule is CCc1nccn1C(c1ccc(Br)s1)C(N)CC. The molecule has 0 aromatic carbocycles. The molecule has 0 amide bonds. The van der Waals surface area contributed by atoms with Crippen LogP contribution in [0.4, 0.5) is 0 Å². The largest absolute Gasteiger partial charge is 0.326 e. The topological polar surface area (TPSA) is 43.8 Å². The van der Waals surface area contributed by atoms with Crippen molar-refractivity contribution >= 4 is 27.3 Å². The van der Waals surface area contributed by atoms with Gasteiger partial charge in [-0.1, -0.05) is 13.8 Å². The molecule has 0 aliphatic heterocycles. The van der Waals surface area contributed by atoms with Crippen molar-refractivity contribution < 1.29 is 0 Å². The van der Waals surface area contributed by atoms with Gasteiger partial charge in [-0.15, -0.1) is 11.3 Å². The average Bonchev–Trinajstić information content (AvgIpc) is 2.99. The van der Waals surface area contributed by atoms with Crippen LogP contribution in [0.5, 0.6) is 0 Å². The number of rotatable bonds is 5. The van der Waals surface area contributed by atoms with Crippen LogP contribution in [0.25, 0.3) is 0 Å². The lowest BCUT2D eigenvalue weighted by Gasteiger charge is -2.25. The molecule has 2 aromatic heterocycles. The second-order valence-electron chi connectivity index (χ2n) is 4.26. The van der Waals surface area contributed by atoms with E-state index in [-0.39, 0.29) is 12.1 Å². The quantitative estimate of drug-likeness (QED) is 0.911. The van der Waals surface area contributed by atoms with Crippen molar-refractivity contribution in [2.75, 3.05) is 0 Å². The zero-order valence-corrected chi connectivity index (χ0v) is 13.0. The van der Waals surface area contributed by atoms with Gasteiger partial charge in [0.1, 0.15) is 5.82 Å². The molecule has 0 spiro atoms. The summed E-state index contributed by atoms with van der Waals surface area (Å²) in [6, 6.07) is 4.52. The maximum Gasteiger partial charge on any atom is 0.108 e. The number of aromatic nitrogens is 2. The van der Waals surface area contributed by atoms with E-state index in [4.69, 9.17) is 5.73 Å². The highest BCUT2D eigenvalue weighted by Crippen LogP contribution is 2.32. The summed E-state index contributed by atoms with van der Waals surface area (Å²) in [5.74, 6) is 1.09. The van der Waals surface area contributed by atoms with Gasteiger partial charge < -0.3 is 10.3 Å².